The second-order valence-electron chi connectivity index (χ2n) is 5.90. The maximum Gasteiger partial charge on any atom is 0.251 e. The molecule has 2 aromatic rings. The highest BCUT2D eigenvalue weighted by Gasteiger charge is 2.21. The summed E-state index contributed by atoms with van der Waals surface area (Å²) in [6.45, 7) is 3.71. The van der Waals surface area contributed by atoms with Crippen LogP contribution in [0.4, 0.5) is 0 Å². The quantitative estimate of drug-likeness (QED) is 0.847. The van der Waals surface area contributed by atoms with E-state index >= 15 is 0 Å². The summed E-state index contributed by atoms with van der Waals surface area (Å²) in [5, 5.41) is 12.3. The van der Waals surface area contributed by atoms with Gasteiger partial charge in [0.05, 0.1) is 25.5 Å². The van der Waals surface area contributed by atoms with Gasteiger partial charge in [0, 0.05) is 25.2 Å². The van der Waals surface area contributed by atoms with Crippen LogP contribution in [0.5, 0.6) is 5.75 Å². The van der Waals surface area contributed by atoms with E-state index in [0.29, 0.717) is 18.7 Å². The first kappa shape index (κ1) is 16.5. The number of carbonyl (C=O) groups excluding carboxylic acids is 1. The number of rotatable bonds is 6. The molecule has 1 saturated heterocycles. The number of hydrogen-bond acceptors (Lipinski definition) is 5. The molecule has 1 unspecified atom stereocenters. The summed E-state index contributed by atoms with van der Waals surface area (Å²) in [5.41, 5.74) is 0.457. The van der Waals surface area contributed by atoms with Crippen LogP contribution in [0, 0.1) is 0 Å². The Bertz CT molecular complexity index is 657. The zero-order valence-corrected chi connectivity index (χ0v) is 13.5. The van der Waals surface area contributed by atoms with Crippen molar-refractivity contribution in [3.8, 4) is 5.75 Å². The number of ether oxygens (including phenoxy) is 1. The number of hydrogen-bond donors (Lipinski definition) is 2. The normalized spacial score (nSPS) is 18.4. The summed E-state index contributed by atoms with van der Waals surface area (Å²) in [6.07, 6.45) is 2.53. The highest BCUT2D eigenvalue weighted by Crippen LogP contribution is 2.13. The van der Waals surface area contributed by atoms with Crippen molar-refractivity contribution in [2.45, 2.75) is 19.1 Å². The molecule has 1 aromatic carbocycles. The third-order valence-corrected chi connectivity index (χ3v) is 4.04. The smallest absolute Gasteiger partial charge is 0.251 e. The minimum Gasteiger partial charge on any atom is -0.508 e. The lowest BCUT2D eigenvalue weighted by Gasteiger charge is -2.32. The molecule has 1 aliphatic rings. The van der Waals surface area contributed by atoms with E-state index in [1.807, 2.05) is 12.1 Å². The molecule has 24 heavy (non-hydrogen) atoms. The second-order valence-corrected chi connectivity index (χ2v) is 5.90. The van der Waals surface area contributed by atoms with E-state index in [2.05, 4.69) is 10.2 Å². The Balaban J connectivity index is 1.42. The molecule has 6 nitrogen and oxygen atoms in total. The van der Waals surface area contributed by atoms with E-state index in [0.717, 1.165) is 31.8 Å². The van der Waals surface area contributed by atoms with Crippen molar-refractivity contribution in [2.24, 2.45) is 0 Å². The summed E-state index contributed by atoms with van der Waals surface area (Å²) in [4.78, 5) is 14.3. The second kappa shape index (κ2) is 7.99. The molecule has 0 spiro atoms. The summed E-state index contributed by atoms with van der Waals surface area (Å²) in [7, 11) is 0. The van der Waals surface area contributed by atoms with E-state index < -0.39 is 0 Å². The SMILES string of the molecule is O=C(NCCC1CN(Cc2ccco2)CCO1)c1cccc(O)c1. The topological polar surface area (TPSA) is 74.9 Å². The van der Waals surface area contributed by atoms with Crippen LogP contribution in [0.3, 0.4) is 0 Å². The van der Waals surface area contributed by atoms with Gasteiger partial charge in [0.2, 0.25) is 0 Å². The average Bonchev–Trinajstić information content (AvgIpc) is 3.08. The third-order valence-electron chi connectivity index (χ3n) is 4.04. The van der Waals surface area contributed by atoms with Gasteiger partial charge < -0.3 is 19.6 Å². The molecule has 2 heterocycles. The molecule has 1 amide bonds. The largest absolute Gasteiger partial charge is 0.508 e. The van der Waals surface area contributed by atoms with Crippen molar-refractivity contribution in [1.29, 1.82) is 0 Å². The number of furan rings is 1. The Morgan fingerprint density at radius 1 is 1.33 bits per heavy atom. The maximum atomic E-state index is 12.0. The molecule has 1 atom stereocenters. The lowest BCUT2D eigenvalue weighted by atomic mass is 10.1. The Morgan fingerprint density at radius 2 is 2.25 bits per heavy atom. The number of aromatic hydroxyl groups is 1. The van der Waals surface area contributed by atoms with Crippen LogP contribution < -0.4 is 5.32 Å². The van der Waals surface area contributed by atoms with Crippen LogP contribution in [0.15, 0.2) is 47.1 Å². The van der Waals surface area contributed by atoms with Gasteiger partial charge in [0.1, 0.15) is 11.5 Å². The minimum atomic E-state index is -0.186. The zero-order chi connectivity index (χ0) is 16.8. The molecular weight excluding hydrogens is 308 g/mol. The zero-order valence-electron chi connectivity index (χ0n) is 13.5. The molecule has 1 aromatic heterocycles. The van der Waals surface area contributed by atoms with Crippen molar-refractivity contribution in [1.82, 2.24) is 10.2 Å². The van der Waals surface area contributed by atoms with Crippen molar-refractivity contribution in [3.63, 3.8) is 0 Å². The number of nitrogens with one attached hydrogen (secondary N) is 1. The lowest BCUT2D eigenvalue weighted by molar-refractivity contribution is -0.0358. The Morgan fingerprint density at radius 3 is 3.04 bits per heavy atom. The molecule has 3 rings (SSSR count). The molecule has 128 valence electrons. The van der Waals surface area contributed by atoms with E-state index in [-0.39, 0.29) is 17.8 Å². The Kier molecular flexibility index (Phi) is 5.51. The first-order chi connectivity index (χ1) is 11.7. The van der Waals surface area contributed by atoms with E-state index in [1.54, 1.807) is 24.5 Å². The van der Waals surface area contributed by atoms with Crippen molar-refractivity contribution in [2.75, 3.05) is 26.2 Å². The van der Waals surface area contributed by atoms with Gasteiger partial charge in [-0.1, -0.05) is 6.07 Å². The number of phenols is 1. The summed E-state index contributed by atoms with van der Waals surface area (Å²) in [6, 6.07) is 10.2. The monoisotopic (exact) mass is 330 g/mol. The van der Waals surface area contributed by atoms with Crippen LogP contribution in [0.2, 0.25) is 0 Å². The Labute approximate surface area is 141 Å². The molecule has 0 radical (unpaired) electrons. The van der Waals surface area contributed by atoms with Gasteiger partial charge in [0.15, 0.2) is 0 Å². The summed E-state index contributed by atoms with van der Waals surface area (Å²) in [5.74, 6) is 0.855. The minimum absolute atomic E-state index is 0.0897. The Hall–Kier alpha value is -2.31. The standard InChI is InChI=1S/C18H22N2O4/c21-15-4-1-3-14(11-15)18(22)19-7-6-17-13-20(8-10-24-17)12-16-5-2-9-23-16/h1-5,9,11,17,21H,6-8,10,12-13H2,(H,19,22). The molecule has 0 aliphatic carbocycles. The third kappa shape index (κ3) is 4.59. The number of phenolic OH excluding ortho intramolecular Hbond substituents is 1. The first-order valence-electron chi connectivity index (χ1n) is 8.14. The summed E-state index contributed by atoms with van der Waals surface area (Å²) >= 11 is 0. The van der Waals surface area contributed by atoms with Gasteiger partial charge in [-0.25, -0.2) is 0 Å². The van der Waals surface area contributed by atoms with Crippen molar-refractivity contribution in [3.05, 3.63) is 54.0 Å². The number of amides is 1. The fourth-order valence-corrected chi connectivity index (χ4v) is 2.82. The maximum absolute atomic E-state index is 12.0. The predicted octanol–water partition coefficient (Wildman–Crippen LogP) is 2.01. The van der Waals surface area contributed by atoms with Gasteiger partial charge in [0.25, 0.3) is 5.91 Å². The number of carbonyl (C=O) groups is 1. The van der Waals surface area contributed by atoms with Crippen LogP contribution in [0.1, 0.15) is 22.5 Å². The highest BCUT2D eigenvalue weighted by atomic mass is 16.5. The van der Waals surface area contributed by atoms with Gasteiger partial charge in [-0.15, -0.1) is 0 Å². The molecule has 1 fully saturated rings. The highest BCUT2D eigenvalue weighted by molar-refractivity contribution is 5.94. The lowest BCUT2D eigenvalue weighted by Crippen LogP contribution is -2.43. The molecule has 6 heteroatoms. The fourth-order valence-electron chi connectivity index (χ4n) is 2.82. The molecule has 2 N–H and O–H groups in total. The molecule has 1 aliphatic heterocycles. The number of nitrogens with zero attached hydrogens (tertiary/aromatic N) is 1. The van der Waals surface area contributed by atoms with Crippen LogP contribution >= 0.6 is 0 Å². The van der Waals surface area contributed by atoms with Gasteiger partial charge in [-0.2, -0.15) is 0 Å². The summed E-state index contributed by atoms with van der Waals surface area (Å²) < 4.78 is 11.2. The van der Waals surface area contributed by atoms with Crippen molar-refractivity contribution >= 4 is 5.91 Å². The van der Waals surface area contributed by atoms with Gasteiger partial charge in [-0.3, -0.25) is 9.69 Å². The van der Waals surface area contributed by atoms with Gasteiger partial charge in [-0.05, 0) is 36.8 Å². The van der Waals surface area contributed by atoms with Crippen LogP contribution in [-0.2, 0) is 11.3 Å². The van der Waals surface area contributed by atoms with Crippen LogP contribution in [0.25, 0.3) is 0 Å². The number of benzene rings is 1. The van der Waals surface area contributed by atoms with E-state index in [1.165, 1.54) is 6.07 Å². The molecule has 0 saturated carbocycles. The number of morpholine rings is 1. The van der Waals surface area contributed by atoms with E-state index in [9.17, 15) is 9.90 Å². The first-order valence-corrected chi connectivity index (χ1v) is 8.14. The fraction of sp³-hybridized carbons (Fsp3) is 0.389. The predicted molar refractivity (Wildman–Crippen MR) is 88.8 cm³/mol. The van der Waals surface area contributed by atoms with Crippen molar-refractivity contribution < 1.29 is 19.1 Å². The van der Waals surface area contributed by atoms with E-state index in [4.69, 9.17) is 9.15 Å². The van der Waals surface area contributed by atoms with Gasteiger partial charge >= 0.3 is 0 Å². The molecular formula is C18H22N2O4. The van der Waals surface area contributed by atoms with Crippen LogP contribution in [-0.4, -0.2) is 48.3 Å². The molecule has 0 bridgehead atoms. The average molecular weight is 330 g/mol.